The van der Waals surface area contributed by atoms with E-state index in [0.29, 0.717) is 24.8 Å². The first-order chi connectivity index (χ1) is 13.8. The minimum Gasteiger partial charge on any atom is -0.468 e. The van der Waals surface area contributed by atoms with Gasteiger partial charge in [-0.1, -0.05) is 43.2 Å². The van der Waals surface area contributed by atoms with Crippen molar-refractivity contribution in [1.29, 1.82) is 0 Å². The lowest BCUT2D eigenvalue weighted by molar-refractivity contribution is -0.121. The number of furan rings is 1. The molecule has 2 aliphatic rings. The molecule has 1 aliphatic heterocycles. The second kappa shape index (κ2) is 9.42. The molecule has 150 valence electrons. The lowest BCUT2D eigenvalue weighted by Gasteiger charge is -2.29. The van der Waals surface area contributed by atoms with Crippen molar-refractivity contribution in [3.05, 3.63) is 60.1 Å². The van der Waals surface area contributed by atoms with Crippen LogP contribution in [-0.2, 0) is 4.79 Å². The van der Waals surface area contributed by atoms with Crippen molar-refractivity contribution in [2.24, 2.45) is 5.92 Å². The molecule has 2 fully saturated rings. The van der Waals surface area contributed by atoms with E-state index in [1.54, 1.807) is 6.26 Å². The molecule has 1 aromatic heterocycles. The predicted molar refractivity (Wildman–Crippen MR) is 111 cm³/mol. The Labute approximate surface area is 168 Å². The Morgan fingerprint density at radius 1 is 1.04 bits per heavy atom. The molecule has 28 heavy (non-hydrogen) atoms. The van der Waals surface area contributed by atoms with Gasteiger partial charge in [0, 0.05) is 13.0 Å². The van der Waals surface area contributed by atoms with Gasteiger partial charge in [0.1, 0.15) is 5.76 Å². The molecule has 1 N–H and O–H groups in total. The van der Waals surface area contributed by atoms with E-state index in [4.69, 9.17) is 4.42 Å². The Kier molecular flexibility index (Phi) is 6.48. The van der Waals surface area contributed by atoms with Crippen molar-refractivity contribution in [2.45, 2.75) is 56.9 Å². The molecule has 4 nitrogen and oxygen atoms in total. The van der Waals surface area contributed by atoms with Crippen molar-refractivity contribution in [1.82, 2.24) is 10.2 Å². The molecule has 4 rings (SSSR count). The van der Waals surface area contributed by atoms with Gasteiger partial charge in [0.2, 0.25) is 5.91 Å². The minimum atomic E-state index is 0.133. The average Bonchev–Trinajstić information content (AvgIpc) is 3.49. The maximum Gasteiger partial charge on any atom is 0.220 e. The lowest BCUT2D eigenvalue weighted by Crippen LogP contribution is -2.39. The van der Waals surface area contributed by atoms with E-state index in [2.05, 4.69) is 34.5 Å². The summed E-state index contributed by atoms with van der Waals surface area (Å²) in [5.74, 6) is 2.14. The molecule has 1 saturated heterocycles. The van der Waals surface area contributed by atoms with Gasteiger partial charge in [-0.2, -0.15) is 0 Å². The smallest absolute Gasteiger partial charge is 0.220 e. The summed E-state index contributed by atoms with van der Waals surface area (Å²) < 4.78 is 5.73. The van der Waals surface area contributed by atoms with Crippen LogP contribution in [0.25, 0.3) is 0 Å². The predicted octanol–water partition coefficient (Wildman–Crippen LogP) is 4.90. The van der Waals surface area contributed by atoms with Gasteiger partial charge in [-0.05, 0) is 68.3 Å². The maximum atomic E-state index is 12.8. The molecule has 2 heterocycles. The van der Waals surface area contributed by atoms with Gasteiger partial charge >= 0.3 is 0 Å². The second-order valence-electron chi connectivity index (χ2n) is 8.34. The van der Waals surface area contributed by atoms with Crippen LogP contribution in [0.4, 0.5) is 0 Å². The highest BCUT2D eigenvalue weighted by Crippen LogP contribution is 2.44. The molecular weight excluding hydrogens is 348 g/mol. The van der Waals surface area contributed by atoms with E-state index in [1.807, 2.05) is 18.2 Å². The van der Waals surface area contributed by atoms with Crippen LogP contribution in [-0.4, -0.2) is 30.4 Å². The standard InChI is InChI=1S/C24H32N2O2/c27-24(17-21(20-12-13-20)19-9-4-3-5-10-19)25-18-22(23-11-8-16-28-23)26-14-6-1-2-7-15-26/h3-5,8-11,16,20-22H,1-2,6-7,12-15,17-18H2,(H,25,27). The first-order valence-electron chi connectivity index (χ1n) is 10.9. The van der Waals surface area contributed by atoms with Crippen molar-refractivity contribution < 1.29 is 9.21 Å². The summed E-state index contributed by atoms with van der Waals surface area (Å²) >= 11 is 0. The van der Waals surface area contributed by atoms with E-state index in [9.17, 15) is 4.79 Å². The highest BCUT2D eigenvalue weighted by molar-refractivity contribution is 5.77. The SMILES string of the molecule is O=C(CC(c1ccccc1)C1CC1)NCC(c1ccco1)N1CCCCCC1. The van der Waals surface area contributed by atoms with E-state index in [0.717, 1.165) is 18.8 Å². The van der Waals surface area contributed by atoms with Crippen LogP contribution in [0.3, 0.4) is 0 Å². The zero-order valence-corrected chi connectivity index (χ0v) is 16.7. The number of carbonyl (C=O) groups is 1. The summed E-state index contributed by atoms with van der Waals surface area (Å²) in [7, 11) is 0. The highest BCUT2D eigenvalue weighted by atomic mass is 16.3. The van der Waals surface area contributed by atoms with Crippen LogP contribution < -0.4 is 5.32 Å². The quantitative estimate of drug-likeness (QED) is 0.709. The molecule has 1 aliphatic carbocycles. The van der Waals surface area contributed by atoms with Crippen molar-refractivity contribution in [3.63, 3.8) is 0 Å². The van der Waals surface area contributed by atoms with Gasteiger partial charge in [-0.3, -0.25) is 9.69 Å². The molecule has 0 bridgehead atoms. The summed E-state index contributed by atoms with van der Waals surface area (Å²) in [6.07, 6.45) is 9.86. The molecular formula is C24H32N2O2. The van der Waals surface area contributed by atoms with Crippen molar-refractivity contribution in [3.8, 4) is 0 Å². The third-order valence-corrected chi connectivity index (χ3v) is 6.27. The van der Waals surface area contributed by atoms with Crippen LogP contribution >= 0.6 is 0 Å². The summed E-state index contributed by atoms with van der Waals surface area (Å²) in [4.78, 5) is 15.3. The van der Waals surface area contributed by atoms with E-state index < -0.39 is 0 Å². The van der Waals surface area contributed by atoms with Crippen LogP contribution in [0.2, 0.25) is 0 Å². The van der Waals surface area contributed by atoms with Crippen LogP contribution in [0.15, 0.2) is 53.1 Å². The average molecular weight is 381 g/mol. The van der Waals surface area contributed by atoms with Crippen LogP contribution in [0.5, 0.6) is 0 Å². The number of nitrogens with one attached hydrogen (secondary N) is 1. The van der Waals surface area contributed by atoms with E-state index >= 15 is 0 Å². The van der Waals surface area contributed by atoms with Gasteiger partial charge in [-0.15, -0.1) is 0 Å². The summed E-state index contributed by atoms with van der Waals surface area (Å²) in [6, 6.07) is 14.7. The number of rotatable bonds is 8. The summed E-state index contributed by atoms with van der Waals surface area (Å²) in [5.41, 5.74) is 1.30. The van der Waals surface area contributed by atoms with E-state index in [1.165, 1.54) is 44.1 Å². The second-order valence-corrected chi connectivity index (χ2v) is 8.34. The van der Waals surface area contributed by atoms with E-state index in [-0.39, 0.29) is 11.9 Å². The number of hydrogen-bond donors (Lipinski definition) is 1. The first kappa shape index (κ1) is 19.3. The number of carbonyl (C=O) groups excluding carboxylic acids is 1. The molecule has 1 saturated carbocycles. The third-order valence-electron chi connectivity index (χ3n) is 6.27. The molecule has 2 unspecified atom stereocenters. The lowest BCUT2D eigenvalue weighted by atomic mass is 9.91. The van der Waals surface area contributed by atoms with Gasteiger partial charge in [-0.25, -0.2) is 0 Å². The largest absolute Gasteiger partial charge is 0.468 e. The van der Waals surface area contributed by atoms with Crippen LogP contribution in [0.1, 0.15) is 68.2 Å². The van der Waals surface area contributed by atoms with Gasteiger partial charge < -0.3 is 9.73 Å². The minimum absolute atomic E-state index is 0.133. The molecule has 4 heteroatoms. The van der Waals surface area contributed by atoms with Gasteiger partial charge in [0.15, 0.2) is 0 Å². The zero-order chi connectivity index (χ0) is 19.2. The fourth-order valence-electron chi connectivity index (χ4n) is 4.54. The molecule has 0 spiro atoms. The molecule has 2 aromatic rings. The maximum absolute atomic E-state index is 12.8. The van der Waals surface area contributed by atoms with Gasteiger partial charge in [0.05, 0.1) is 12.3 Å². The Bertz CT molecular complexity index is 716. The van der Waals surface area contributed by atoms with Gasteiger partial charge in [0.25, 0.3) is 0 Å². The number of amides is 1. The number of benzene rings is 1. The Morgan fingerprint density at radius 2 is 1.79 bits per heavy atom. The normalized spacial score (nSPS) is 20.3. The first-order valence-corrected chi connectivity index (χ1v) is 10.9. The van der Waals surface area contributed by atoms with Crippen molar-refractivity contribution in [2.75, 3.05) is 19.6 Å². The molecule has 0 radical (unpaired) electrons. The van der Waals surface area contributed by atoms with Crippen LogP contribution in [0, 0.1) is 5.92 Å². The van der Waals surface area contributed by atoms with Crippen molar-refractivity contribution >= 4 is 5.91 Å². The number of likely N-dealkylation sites (tertiary alicyclic amines) is 1. The molecule has 2 atom stereocenters. The fraction of sp³-hybridized carbons (Fsp3) is 0.542. The number of hydrogen-bond acceptors (Lipinski definition) is 3. The third kappa shape index (κ3) is 5.05. The summed E-state index contributed by atoms with van der Waals surface area (Å²) in [5, 5.41) is 3.23. The zero-order valence-electron chi connectivity index (χ0n) is 16.7. The monoisotopic (exact) mass is 380 g/mol. The Morgan fingerprint density at radius 3 is 2.43 bits per heavy atom. The molecule has 1 amide bonds. The highest BCUT2D eigenvalue weighted by Gasteiger charge is 2.34. The molecule has 1 aromatic carbocycles. The summed E-state index contributed by atoms with van der Waals surface area (Å²) in [6.45, 7) is 2.78. The number of nitrogens with zero attached hydrogens (tertiary/aromatic N) is 1. The Hall–Kier alpha value is -2.07. The topological polar surface area (TPSA) is 45.5 Å². The Balaban J connectivity index is 1.38. The fourth-order valence-corrected chi connectivity index (χ4v) is 4.54.